The molecule has 3 nitrogen and oxygen atoms in total. The van der Waals surface area contributed by atoms with Crippen LogP contribution in [-0.4, -0.2) is 31.1 Å². The number of likely N-dealkylation sites (N-methyl/N-ethyl adjacent to an activating group) is 1. The molecule has 2 aromatic rings. The molecule has 1 heterocycles. The van der Waals surface area contributed by atoms with Gasteiger partial charge >= 0.3 is 0 Å². The van der Waals surface area contributed by atoms with Gasteiger partial charge in [0.1, 0.15) is 11.5 Å². The first-order chi connectivity index (χ1) is 10.7. The summed E-state index contributed by atoms with van der Waals surface area (Å²) in [4.78, 5) is 4.13. The Hall–Kier alpha value is -1.58. The molecule has 0 amide bonds. The van der Waals surface area contributed by atoms with E-state index < -0.39 is 0 Å². The second-order valence-electron chi connectivity index (χ2n) is 5.92. The predicted octanol–water partition coefficient (Wildman–Crippen LogP) is 2.51. The summed E-state index contributed by atoms with van der Waals surface area (Å²) in [6.07, 6.45) is 0. The van der Waals surface area contributed by atoms with Crippen LogP contribution in [0, 0.1) is 6.92 Å². The van der Waals surface area contributed by atoms with Crippen LogP contribution in [0.5, 0.6) is 0 Å². The van der Waals surface area contributed by atoms with Crippen molar-refractivity contribution in [1.29, 1.82) is 0 Å². The highest BCUT2D eigenvalue weighted by Gasteiger charge is 2.12. The van der Waals surface area contributed by atoms with E-state index in [1.54, 1.807) is 4.90 Å². The molecule has 0 aliphatic rings. The van der Waals surface area contributed by atoms with E-state index in [9.17, 15) is 0 Å². The van der Waals surface area contributed by atoms with Crippen molar-refractivity contribution in [2.24, 2.45) is 0 Å². The van der Waals surface area contributed by atoms with Crippen LogP contribution in [0.1, 0.15) is 30.9 Å². The Kier molecular flexibility index (Phi) is 6.69. The molecule has 2 rings (SSSR count). The lowest BCUT2D eigenvalue weighted by molar-refractivity contribution is -0.895. The SMILES string of the molecule is CC[NH+](CC)CCN(Cc1ccccc1)Cc1ccc(C)o1. The van der Waals surface area contributed by atoms with Gasteiger partial charge in [0.2, 0.25) is 0 Å². The third-order valence-corrected chi connectivity index (χ3v) is 4.21. The summed E-state index contributed by atoms with van der Waals surface area (Å²) in [5, 5.41) is 0. The minimum Gasteiger partial charge on any atom is -0.465 e. The molecule has 0 fully saturated rings. The molecule has 1 aromatic heterocycles. The van der Waals surface area contributed by atoms with E-state index in [1.165, 1.54) is 25.2 Å². The van der Waals surface area contributed by atoms with E-state index in [-0.39, 0.29) is 0 Å². The average Bonchev–Trinajstić information content (AvgIpc) is 2.94. The molecule has 0 aliphatic heterocycles. The van der Waals surface area contributed by atoms with Crippen LogP contribution in [-0.2, 0) is 13.1 Å². The molecule has 0 radical (unpaired) electrons. The number of benzene rings is 1. The van der Waals surface area contributed by atoms with Gasteiger partial charge in [-0.15, -0.1) is 0 Å². The molecule has 120 valence electrons. The van der Waals surface area contributed by atoms with Gasteiger partial charge < -0.3 is 9.32 Å². The summed E-state index contributed by atoms with van der Waals surface area (Å²) in [5.74, 6) is 2.05. The molecular weight excluding hydrogens is 272 g/mol. The van der Waals surface area contributed by atoms with E-state index in [2.05, 4.69) is 55.1 Å². The molecule has 0 saturated heterocycles. The first kappa shape index (κ1) is 16.8. The Morgan fingerprint density at radius 2 is 1.68 bits per heavy atom. The Balaban J connectivity index is 1.99. The highest BCUT2D eigenvalue weighted by molar-refractivity contribution is 5.14. The van der Waals surface area contributed by atoms with Crippen molar-refractivity contribution >= 4 is 0 Å². The average molecular weight is 301 g/mol. The quantitative estimate of drug-likeness (QED) is 0.768. The molecule has 0 spiro atoms. The number of nitrogens with one attached hydrogen (secondary N) is 1. The van der Waals surface area contributed by atoms with Crippen LogP contribution in [0.25, 0.3) is 0 Å². The van der Waals surface area contributed by atoms with Gasteiger partial charge in [0.05, 0.1) is 26.2 Å². The molecule has 0 saturated carbocycles. The van der Waals surface area contributed by atoms with Crippen LogP contribution in [0.15, 0.2) is 46.9 Å². The number of nitrogens with zero attached hydrogens (tertiary/aromatic N) is 1. The maximum absolute atomic E-state index is 5.76. The maximum Gasteiger partial charge on any atom is 0.118 e. The van der Waals surface area contributed by atoms with Crippen molar-refractivity contribution in [3.8, 4) is 0 Å². The van der Waals surface area contributed by atoms with Gasteiger partial charge in [0, 0.05) is 13.1 Å². The summed E-state index contributed by atoms with van der Waals surface area (Å²) in [6, 6.07) is 14.8. The number of hydrogen-bond acceptors (Lipinski definition) is 2. The van der Waals surface area contributed by atoms with E-state index in [0.29, 0.717) is 0 Å². The third-order valence-electron chi connectivity index (χ3n) is 4.21. The maximum atomic E-state index is 5.76. The molecule has 22 heavy (non-hydrogen) atoms. The molecular formula is C19H29N2O+. The summed E-state index contributed by atoms with van der Waals surface area (Å²) >= 11 is 0. The normalized spacial score (nSPS) is 11.5. The largest absolute Gasteiger partial charge is 0.465 e. The minimum atomic E-state index is 0.878. The van der Waals surface area contributed by atoms with Gasteiger partial charge in [-0.1, -0.05) is 30.3 Å². The van der Waals surface area contributed by atoms with Crippen molar-refractivity contribution in [2.45, 2.75) is 33.9 Å². The first-order valence-corrected chi connectivity index (χ1v) is 8.36. The van der Waals surface area contributed by atoms with E-state index >= 15 is 0 Å². The van der Waals surface area contributed by atoms with Gasteiger partial charge in [0.25, 0.3) is 0 Å². The Morgan fingerprint density at radius 1 is 0.955 bits per heavy atom. The highest BCUT2D eigenvalue weighted by Crippen LogP contribution is 2.12. The van der Waals surface area contributed by atoms with E-state index in [1.807, 2.05) is 13.0 Å². The van der Waals surface area contributed by atoms with Crippen molar-refractivity contribution < 1.29 is 9.32 Å². The summed E-state index contributed by atoms with van der Waals surface area (Å²) in [6.45, 7) is 13.0. The molecule has 3 heteroatoms. The van der Waals surface area contributed by atoms with Gasteiger partial charge in [0.15, 0.2) is 0 Å². The summed E-state index contributed by atoms with van der Waals surface area (Å²) < 4.78 is 5.76. The van der Waals surface area contributed by atoms with Crippen LogP contribution in [0.4, 0.5) is 0 Å². The fourth-order valence-electron chi connectivity index (χ4n) is 2.77. The topological polar surface area (TPSA) is 20.8 Å². The van der Waals surface area contributed by atoms with Gasteiger partial charge in [-0.2, -0.15) is 0 Å². The van der Waals surface area contributed by atoms with Crippen molar-refractivity contribution in [1.82, 2.24) is 4.90 Å². The molecule has 0 atom stereocenters. The number of quaternary nitrogens is 1. The number of hydrogen-bond donors (Lipinski definition) is 1. The van der Waals surface area contributed by atoms with E-state index in [0.717, 1.165) is 31.2 Å². The fourth-order valence-corrected chi connectivity index (χ4v) is 2.77. The molecule has 0 bridgehead atoms. The van der Waals surface area contributed by atoms with Gasteiger partial charge in [-0.3, -0.25) is 4.90 Å². The van der Waals surface area contributed by atoms with Crippen molar-refractivity contribution in [3.63, 3.8) is 0 Å². The zero-order chi connectivity index (χ0) is 15.8. The second kappa shape index (κ2) is 8.76. The lowest BCUT2D eigenvalue weighted by atomic mass is 10.2. The molecule has 0 aliphatic carbocycles. The zero-order valence-corrected chi connectivity index (χ0v) is 14.1. The Bertz CT molecular complexity index is 531. The number of aryl methyl sites for hydroxylation is 1. The lowest BCUT2D eigenvalue weighted by Crippen LogP contribution is -3.12. The van der Waals surface area contributed by atoms with Crippen LogP contribution >= 0.6 is 0 Å². The minimum absolute atomic E-state index is 0.878. The van der Waals surface area contributed by atoms with Gasteiger partial charge in [-0.05, 0) is 38.5 Å². The van der Waals surface area contributed by atoms with Crippen molar-refractivity contribution in [3.05, 3.63) is 59.5 Å². The summed E-state index contributed by atoms with van der Waals surface area (Å²) in [5.41, 5.74) is 1.36. The standard InChI is InChI=1S/C19H28N2O/c1-4-20(5-2)13-14-21(15-18-9-7-6-8-10-18)16-19-12-11-17(3)22-19/h6-12H,4-5,13-16H2,1-3H3/p+1. The molecule has 1 aromatic carbocycles. The smallest absolute Gasteiger partial charge is 0.118 e. The van der Waals surface area contributed by atoms with Crippen molar-refractivity contribution in [2.75, 3.05) is 26.2 Å². The highest BCUT2D eigenvalue weighted by atomic mass is 16.3. The third kappa shape index (κ3) is 5.32. The monoisotopic (exact) mass is 301 g/mol. The van der Waals surface area contributed by atoms with E-state index in [4.69, 9.17) is 4.42 Å². The second-order valence-corrected chi connectivity index (χ2v) is 5.92. The number of furan rings is 1. The number of rotatable bonds is 9. The Morgan fingerprint density at radius 3 is 2.27 bits per heavy atom. The molecule has 1 N–H and O–H groups in total. The summed E-state index contributed by atoms with van der Waals surface area (Å²) in [7, 11) is 0. The van der Waals surface area contributed by atoms with Crippen LogP contribution < -0.4 is 4.90 Å². The zero-order valence-electron chi connectivity index (χ0n) is 14.1. The van der Waals surface area contributed by atoms with Gasteiger partial charge in [-0.25, -0.2) is 0 Å². The first-order valence-electron chi connectivity index (χ1n) is 8.36. The Labute approximate surface area is 134 Å². The fraction of sp³-hybridized carbons (Fsp3) is 0.474. The lowest BCUT2D eigenvalue weighted by Gasteiger charge is -2.24. The predicted molar refractivity (Wildman–Crippen MR) is 90.9 cm³/mol. The van der Waals surface area contributed by atoms with Crippen LogP contribution in [0.3, 0.4) is 0 Å². The molecule has 0 unspecified atom stereocenters. The van der Waals surface area contributed by atoms with Crippen LogP contribution in [0.2, 0.25) is 0 Å².